The van der Waals surface area contributed by atoms with E-state index < -0.39 is 0 Å². The molecular formula is C9H18N2O. The average molecular weight is 170 g/mol. The van der Waals surface area contributed by atoms with Crippen LogP contribution < -0.4 is 5.73 Å². The zero-order valence-electron chi connectivity index (χ0n) is 7.75. The molecular weight excluding hydrogens is 152 g/mol. The maximum atomic E-state index is 5.82. The average Bonchev–Trinajstić information content (AvgIpc) is 2.58. The van der Waals surface area contributed by atoms with E-state index in [1.165, 1.54) is 6.54 Å². The van der Waals surface area contributed by atoms with Crippen molar-refractivity contribution < 1.29 is 4.74 Å². The van der Waals surface area contributed by atoms with Crippen LogP contribution in [-0.2, 0) is 4.74 Å². The van der Waals surface area contributed by atoms with E-state index in [0.29, 0.717) is 11.3 Å². The summed E-state index contributed by atoms with van der Waals surface area (Å²) in [6.07, 6.45) is 0. The smallest absolute Gasteiger partial charge is 0.0551 e. The molecule has 12 heavy (non-hydrogen) atoms. The summed E-state index contributed by atoms with van der Waals surface area (Å²) < 4.78 is 5.49. The number of hydrogen-bond acceptors (Lipinski definition) is 3. The largest absolute Gasteiger partial charge is 0.380 e. The SMILES string of the molecule is CCN1CC2COCC2(CN)C1. The molecule has 0 radical (unpaired) electrons. The summed E-state index contributed by atoms with van der Waals surface area (Å²) in [6.45, 7) is 8.29. The van der Waals surface area contributed by atoms with Gasteiger partial charge in [-0.25, -0.2) is 0 Å². The molecule has 2 saturated heterocycles. The molecule has 0 aromatic carbocycles. The van der Waals surface area contributed by atoms with E-state index in [9.17, 15) is 0 Å². The molecule has 0 amide bonds. The molecule has 3 heteroatoms. The molecule has 3 nitrogen and oxygen atoms in total. The van der Waals surface area contributed by atoms with Gasteiger partial charge in [0, 0.05) is 31.0 Å². The quantitative estimate of drug-likeness (QED) is 0.629. The van der Waals surface area contributed by atoms with Crippen molar-refractivity contribution in [1.82, 2.24) is 4.90 Å². The second kappa shape index (κ2) is 2.98. The molecule has 0 spiro atoms. The number of rotatable bonds is 2. The molecule has 2 fully saturated rings. The first kappa shape index (κ1) is 8.48. The highest BCUT2D eigenvalue weighted by Gasteiger charge is 2.48. The van der Waals surface area contributed by atoms with Crippen molar-refractivity contribution in [2.75, 3.05) is 39.4 Å². The minimum atomic E-state index is 0.302. The third kappa shape index (κ3) is 1.08. The number of likely N-dealkylation sites (tertiary alicyclic amines) is 1. The number of ether oxygens (including phenoxy) is 1. The van der Waals surface area contributed by atoms with Crippen molar-refractivity contribution in [2.45, 2.75) is 6.92 Å². The molecule has 2 unspecified atom stereocenters. The van der Waals surface area contributed by atoms with E-state index >= 15 is 0 Å². The fraction of sp³-hybridized carbons (Fsp3) is 1.00. The van der Waals surface area contributed by atoms with E-state index in [1.54, 1.807) is 0 Å². The Balaban J connectivity index is 2.09. The molecule has 2 aliphatic rings. The summed E-state index contributed by atoms with van der Waals surface area (Å²) in [6, 6.07) is 0. The highest BCUT2D eigenvalue weighted by atomic mass is 16.5. The van der Waals surface area contributed by atoms with Crippen molar-refractivity contribution in [3.05, 3.63) is 0 Å². The fourth-order valence-corrected chi connectivity index (χ4v) is 2.47. The lowest BCUT2D eigenvalue weighted by Gasteiger charge is -2.24. The maximum Gasteiger partial charge on any atom is 0.0551 e. The summed E-state index contributed by atoms with van der Waals surface area (Å²) in [7, 11) is 0. The summed E-state index contributed by atoms with van der Waals surface area (Å²) in [5.74, 6) is 0.697. The Labute approximate surface area is 73.9 Å². The first-order valence-corrected chi connectivity index (χ1v) is 4.81. The van der Waals surface area contributed by atoms with Crippen LogP contribution in [0, 0.1) is 11.3 Å². The van der Waals surface area contributed by atoms with E-state index in [1.807, 2.05) is 0 Å². The highest BCUT2D eigenvalue weighted by molar-refractivity contribution is 5.00. The number of nitrogens with zero attached hydrogens (tertiary/aromatic N) is 1. The maximum absolute atomic E-state index is 5.82. The van der Waals surface area contributed by atoms with Crippen LogP contribution >= 0.6 is 0 Å². The van der Waals surface area contributed by atoms with Crippen LogP contribution in [0.1, 0.15) is 6.92 Å². The first-order valence-electron chi connectivity index (χ1n) is 4.81. The van der Waals surface area contributed by atoms with E-state index in [0.717, 1.165) is 32.8 Å². The molecule has 0 aromatic heterocycles. The lowest BCUT2D eigenvalue weighted by atomic mass is 9.81. The predicted molar refractivity (Wildman–Crippen MR) is 47.9 cm³/mol. The molecule has 2 heterocycles. The van der Waals surface area contributed by atoms with Gasteiger partial charge in [0.15, 0.2) is 0 Å². The molecule has 2 N–H and O–H groups in total. The van der Waals surface area contributed by atoms with Gasteiger partial charge in [-0.3, -0.25) is 0 Å². The molecule has 0 saturated carbocycles. The third-order valence-electron chi connectivity index (χ3n) is 3.45. The summed E-state index contributed by atoms with van der Waals surface area (Å²) in [4.78, 5) is 2.49. The van der Waals surface area contributed by atoms with Gasteiger partial charge in [-0.1, -0.05) is 6.92 Å². The van der Waals surface area contributed by atoms with Gasteiger partial charge in [-0.05, 0) is 6.54 Å². The minimum Gasteiger partial charge on any atom is -0.380 e. The van der Waals surface area contributed by atoms with Crippen molar-refractivity contribution in [3.8, 4) is 0 Å². The van der Waals surface area contributed by atoms with Gasteiger partial charge in [-0.15, -0.1) is 0 Å². The van der Waals surface area contributed by atoms with Gasteiger partial charge in [0.2, 0.25) is 0 Å². The van der Waals surface area contributed by atoms with Gasteiger partial charge in [0.25, 0.3) is 0 Å². The van der Waals surface area contributed by atoms with E-state index in [4.69, 9.17) is 10.5 Å². The van der Waals surface area contributed by atoms with Crippen LogP contribution in [0.2, 0.25) is 0 Å². The Kier molecular flexibility index (Phi) is 2.10. The van der Waals surface area contributed by atoms with Crippen molar-refractivity contribution >= 4 is 0 Å². The standard InChI is InChI=1S/C9H18N2O/c1-2-11-3-8-4-12-7-9(8,5-10)6-11/h8H,2-7,10H2,1H3. The Morgan fingerprint density at radius 1 is 1.67 bits per heavy atom. The molecule has 0 bridgehead atoms. The van der Waals surface area contributed by atoms with Crippen LogP contribution in [0.5, 0.6) is 0 Å². The van der Waals surface area contributed by atoms with E-state index in [2.05, 4.69) is 11.8 Å². The lowest BCUT2D eigenvalue weighted by Crippen LogP contribution is -2.38. The Hall–Kier alpha value is -0.120. The molecule has 2 rings (SSSR count). The van der Waals surface area contributed by atoms with Crippen LogP contribution in [0.4, 0.5) is 0 Å². The van der Waals surface area contributed by atoms with Gasteiger partial charge in [0.1, 0.15) is 0 Å². The van der Waals surface area contributed by atoms with Gasteiger partial charge < -0.3 is 15.4 Å². The number of nitrogens with two attached hydrogens (primary N) is 1. The molecule has 0 aliphatic carbocycles. The van der Waals surface area contributed by atoms with Crippen LogP contribution in [0.15, 0.2) is 0 Å². The summed E-state index contributed by atoms with van der Waals surface area (Å²) in [5, 5.41) is 0. The van der Waals surface area contributed by atoms with Crippen molar-refractivity contribution in [2.24, 2.45) is 17.1 Å². The molecule has 2 aliphatic heterocycles. The van der Waals surface area contributed by atoms with Gasteiger partial charge >= 0.3 is 0 Å². The number of hydrogen-bond donors (Lipinski definition) is 1. The Morgan fingerprint density at radius 2 is 2.50 bits per heavy atom. The predicted octanol–water partition coefficient (Wildman–Crippen LogP) is -0.0866. The van der Waals surface area contributed by atoms with Crippen LogP contribution in [0.3, 0.4) is 0 Å². The monoisotopic (exact) mass is 170 g/mol. The summed E-state index contributed by atoms with van der Waals surface area (Å²) >= 11 is 0. The molecule has 0 aromatic rings. The summed E-state index contributed by atoms with van der Waals surface area (Å²) in [5.41, 5.74) is 6.12. The second-order valence-electron chi connectivity index (χ2n) is 4.11. The molecule has 2 atom stereocenters. The van der Waals surface area contributed by atoms with Gasteiger partial charge in [0.05, 0.1) is 13.2 Å². The Bertz CT molecular complexity index is 174. The zero-order valence-corrected chi connectivity index (χ0v) is 7.75. The van der Waals surface area contributed by atoms with Gasteiger partial charge in [-0.2, -0.15) is 0 Å². The normalized spacial score (nSPS) is 42.0. The minimum absolute atomic E-state index is 0.302. The Morgan fingerprint density at radius 3 is 3.08 bits per heavy atom. The fourth-order valence-electron chi connectivity index (χ4n) is 2.47. The van der Waals surface area contributed by atoms with Crippen LogP contribution in [-0.4, -0.2) is 44.3 Å². The molecule has 70 valence electrons. The van der Waals surface area contributed by atoms with Crippen molar-refractivity contribution in [3.63, 3.8) is 0 Å². The van der Waals surface area contributed by atoms with Crippen molar-refractivity contribution in [1.29, 1.82) is 0 Å². The topological polar surface area (TPSA) is 38.5 Å². The van der Waals surface area contributed by atoms with E-state index in [-0.39, 0.29) is 0 Å². The van der Waals surface area contributed by atoms with Crippen LogP contribution in [0.25, 0.3) is 0 Å². The first-order chi connectivity index (χ1) is 5.80. The lowest BCUT2D eigenvalue weighted by molar-refractivity contribution is 0.133. The second-order valence-corrected chi connectivity index (χ2v) is 4.11. The third-order valence-corrected chi connectivity index (χ3v) is 3.45. The zero-order chi connectivity index (χ0) is 8.60. The highest BCUT2D eigenvalue weighted by Crippen LogP contribution is 2.39. The number of fused-ring (bicyclic) bond motifs is 1.